The van der Waals surface area contributed by atoms with Gasteiger partial charge in [-0.3, -0.25) is 14.6 Å². The van der Waals surface area contributed by atoms with E-state index >= 15 is 0 Å². The Morgan fingerprint density at radius 2 is 2.10 bits per heavy atom. The van der Waals surface area contributed by atoms with Crippen LogP contribution in [0.3, 0.4) is 0 Å². The first-order valence-electron chi connectivity index (χ1n) is 10.1. The molecule has 1 aromatic carbocycles. The van der Waals surface area contributed by atoms with Crippen molar-refractivity contribution in [1.82, 2.24) is 19.7 Å². The van der Waals surface area contributed by atoms with Crippen LogP contribution in [0.1, 0.15) is 24.5 Å². The van der Waals surface area contributed by atoms with Crippen molar-refractivity contribution in [1.29, 1.82) is 0 Å². The van der Waals surface area contributed by atoms with Gasteiger partial charge in [-0.1, -0.05) is 18.2 Å². The molecule has 0 radical (unpaired) electrons. The monoisotopic (exact) mass is 403 g/mol. The molecule has 0 fully saturated rings. The lowest BCUT2D eigenvalue weighted by molar-refractivity contribution is 0.531. The Kier molecular flexibility index (Phi) is 4.34. The molecule has 2 aromatic heterocycles. The normalized spacial score (nSPS) is 20.7. The zero-order valence-electron chi connectivity index (χ0n) is 16.7. The highest BCUT2D eigenvalue weighted by Gasteiger charge is 2.50. The Bertz CT molecular complexity index is 1170. The van der Waals surface area contributed by atoms with E-state index in [4.69, 9.17) is 15.7 Å². The molecule has 152 valence electrons. The zero-order chi connectivity index (χ0) is 20.7. The molecule has 7 nitrogen and oxygen atoms in total. The van der Waals surface area contributed by atoms with Gasteiger partial charge in [0.15, 0.2) is 11.5 Å². The first kappa shape index (κ1) is 18.5. The molecular weight excluding hydrogens is 381 g/mol. The summed E-state index contributed by atoms with van der Waals surface area (Å²) in [6.45, 7) is 4.27. The first-order chi connectivity index (χ1) is 14.6. The third kappa shape index (κ3) is 2.71. The largest absolute Gasteiger partial charge is 0.369 e. The lowest BCUT2D eigenvalue weighted by atomic mass is 9.82. The molecular formula is C22H22FN7. The Morgan fingerprint density at radius 1 is 1.20 bits per heavy atom. The van der Waals surface area contributed by atoms with E-state index in [0.29, 0.717) is 11.5 Å². The number of benzene rings is 1. The van der Waals surface area contributed by atoms with Crippen molar-refractivity contribution in [3.8, 4) is 11.1 Å². The number of pyridine rings is 1. The standard InChI is InChI=1S/C22H22FN7/c1-2-29-14-17(13-27-29)22(20-26-10-5-11-30(20)21(24)28-22)16-7-3-6-15(12-16)18-8-4-9-25-19(18)23/h3-4,6-9,12-14H,2,5,10-11H2,1H3,(H2,24,28). The van der Waals surface area contributed by atoms with Gasteiger partial charge in [-0.15, -0.1) is 0 Å². The number of halogens is 1. The van der Waals surface area contributed by atoms with E-state index in [1.54, 1.807) is 12.1 Å². The molecule has 2 N–H and O–H groups in total. The lowest BCUT2D eigenvalue weighted by Crippen LogP contribution is -2.46. The number of aryl methyl sites for hydroxylation is 1. The average molecular weight is 403 g/mol. The predicted octanol–water partition coefficient (Wildman–Crippen LogP) is 2.78. The summed E-state index contributed by atoms with van der Waals surface area (Å²) in [6.07, 6.45) is 6.16. The highest BCUT2D eigenvalue weighted by Crippen LogP contribution is 2.42. The second-order valence-electron chi connectivity index (χ2n) is 7.40. The molecule has 2 aliphatic heterocycles. The number of fused-ring (bicyclic) bond motifs is 1. The van der Waals surface area contributed by atoms with Gasteiger partial charge < -0.3 is 5.73 Å². The molecule has 0 bridgehead atoms. The fraction of sp³-hybridized carbons (Fsp3) is 0.273. The Hall–Kier alpha value is -3.55. The summed E-state index contributed by atoms with van der Waals surface area (Å²) in [7, 11) is 0. The summed E-state index contributed by atoms with van der Waals surface area (Å²) in [5.74, 6) is 0.731. The van der Waals surface area contributed by atoms with Crippen LogP contribution >= 0.6 is 0 Å². The second kappa shape index (κ2) is 7.05. The van der Waals surface area contributed by atoms with Gasteiger partial charge in [0.05, 0.1) is 6.20 Å². The maximum Gasteiger partial charge on any atom is 0.220 e. The van der Waals surface area contributed by atoms with Crippen molar-refractivity contribution < 1.29 is 4.39 Å². The molecule has 1 atom stereocenters. The molecule has 4 heterocycles. The SMILES string of the molecule is CCn1cc(C2(c3cccc(-c4cccnc4F)c3)N=C(N)N3CCCN=C32)cn1. The third-order valence-electron chi connectivity index (χ3n) is 5.66. The number of aliphatic imine (C=N–C) groups is 2. The smallest absolute Gasteiger partial charge is 0.220 e. The van der Waals surface area contributed by atoms with Crippen LogP contribution in [0.2, 0.25) is 0 Å². The van der Waals surface area contributed by atoms with Gasteiger partial charge >= 0.3 is 0 Å². The number of rotatable bonds is 4. The molecule has 1 unspecified atom stereocenters. The van der Waals surface area contributed by atoms with Gasteiger partial charge in [0.2, 0.25) is 5.95 Å². The highest BCUT2D eigenvalue weighted by molar-refractivity contribution is 6.12. The average Bonchev–Trinajstić information content (AvgIpc) is 3.38. The first-order valence-corrected chi connectivity index (χ1v) is 10.1. The van der Waals surface area contributed by atoms with Crippen LogP contribution in [0, 0.1) is 5.95 Å². The van der Waals surface area contributed by atoms with E-state index in [0.717, 1.165) is 48.6 Å². The van der Waals surface area contributed by atoms with Gasteiger partial charge in [0.1, 0.15) is 5.84 Å². The highest BCUT2D eigenvalue weighted by atomic mass is 19.1. The molecule has 0 saturated heterocycles. The van der Waals surface area contributed by atoms with Gasteiger partial charge in [-0.05, 0) is 42.7 Å². The van der Waals surface area contributed by atoms with E-state index in [1.807, 2.05) is 53.2 Å². The van der Waals surface area contributed by atoms with Crippen molar-refractivity contribution >= 4 is 11.8 Å². The summed E-state index contributed by atoms with van der Waals surface area (Å²) in [5.41, 5.74) is 8.36. The summed E-state index contributed by atoms with van der Waals surface area (Å²) in [6, 6.07) is 11.2. The van der Waals surface area contributed by atoms with Crippen molar-refractivity contribution in [2.75, 3.05) is 13.1 Å². The Balaban J connectivity index is 1.74. The van der Waals surface area contributed by atoms with Gasteiger partial charge in [0.25, 0.3) is 0 Å². The van der Waals surface area contributed by atoms with E-state index in [-0.39, 0.29) is 0 Å². The number of amidine groups is 1. The van der Waals surface area contributed by atoms with Crippen molar-refractivity contribution in [2.45, 2.75) is 25.4 Å². The fourth-order valence-electron chi connectivity index (χ4n) is 4.21. The van der Waals surface area contributed by atoms with Crippen LogP contribution in [0.5, 0.6) is 0 Å². The van der Waals surface area contributed by atoms with E-state index < -0.39 is 11.5 Å². The molecule has 3 aromatic rings. The Morgan fingerprint density at radius 3 is 2.90 bits per heavy atom. The van der Waals surface area contributed by atoms with Gasteiger partial charge in [-0.25, -0.2) is 9.98 Å². The minimum atomic E-state index is -0.910. The number of nitrogens with zero attached hydrogens (tertiary/aromatic N) is 6. The number of nitrogens with two attached hydrogens (primary N) is 1. The molecule has 2 aliphatic rings. The molecule has 0 spiro atoms. The second-order valence-corrected chi connectivity index (χ2v) is 7.40. The zero-order valence-corrected chi connectivity index (χ0v) is 16.7. The maximum absolute atomic E-state index is 14.4. The van der Waals surface area contributed by atoms with Gasteiger partial charge in [-0.2, -0.15) is 9.49 Å². The molecule has 0 aliphatic carbocycles. The third-order valence-corrected chi connectivity index (χ3v) is 5.66. The predicted molar refractivity (Wildman–Crippen MR) is 114 cm³/mol. The van der Waals surface area contributed by atoms with Crippen LogP contribution in [0.4, 0.5) is 4.39 Å². The summed E-state index contributed by atoms with van der Waals surface area (Å²) in [4.78, 5) is 15.5. The van der Waals surface area contributed by atoms with Crippen LogP contribution in [0.25, 0.3) is 11.1 Å². The molecule has 5 rings (SSSR count). The quantitative estimate of drug-likeness (QED) is 0.679. The van der Waals surface area contributed by atoms with E-state index in [2.05, 4.69) is 10.1 Å². The van der Waals surface area contributed by atoms with Gasteiger partial charge in [0, 0.05) is 43.2 Å². The maximum atomic E-state index is 14.4. The van der Waals surface area contributed by atoms with Crippen LogP contribution < -0.4 is 5.73 Å². The lowest BCUT2D eigenvalue weighted by Gasteiger charge is -2.32. The minimum Gasteiger partial charge on any atom is -0.369 e. The number of guanidine groups is 1. The van der Waals surface area contributed by atoms with Crippen molar-refractivity contribution in [3.05, 3.63) is 72.1 Å². The van der Waals surface area contributed by atoms with E-state index in [1.165, 1.54) is 6.20 Å². The van der Waals surface area contributed by atoms with E-state index in [9.17, 15) is 4.39 Å². The molecule has 0 saturated carbocycles. The van der Waals surface area contributed by atoms with Crippen LogP contribution in [-0.4, -0.2) is 44.5 Å². The van der Waals surface area contributed by atoms with Crippen LogP contribution in [-0.2, 0) is 12.1 Å². The number of hydrogen-bond donors (Lipinski definition) is 1. The van der Waals surface area contributed by atoms with Crippen molar-refractivity contribution in [2.24, 2.45) is 15.7 Å². The van der Waals surface area contributed by atoms with Crippen LogP contribution in [0.15, 0.2) is 65.0 Å². The summed E-state index contributed by atoms with van der Waals surface area (Å²) >= 11 is 0. The summed E-state index contributed by atoms with van der Waals surface area (Å²) < 4.78 is 16.2. The fourth-order valence-corrected chi connectivity index (χ4v) is 4.21. The minimum absolute atomic E-state index is 0.440. The number of aromatic nitrogens is 3. The van der Waals surface area contributed by atoms with Crippen molar-refractivity contribution in [3.63, 3.8) is 0 Å². The topological polar surface area (TPSA) is 84.7 Å². The molecule has 0 amide bonds. The summed E-state index contributed by atoms with van der Waals surface area (Å²) in [5, 5.41) is 4.47. The molecule has 30 heavy (non-hydrogen) atoms. The molecule has 8 heteroatoms. The number of hydrogen-bond acceptors (Lipinski definition) is 6. The Labute approximate surface area is 173 Å².